The van der Waals surface area contributed by atoms with Gasteiger partial charge in [0.15, 0.2) is 0 Å². The second kappa shape index (κ2) is 30.2. The molecule has 3 N–H and O–H groups in total. The van der Waals surface area contributed by atoms with Gasteiger partial charge in [-0.05, 0) is 25.0 Å². The Hall–Kier alpha value is -2.13. The highest BCUT2D eigenvalue weighted by Crippen LogP contribution is 2.14. The zero-order chi connectivity index (χ0) is 33.5. The molecule has 1 aromatic heterocycles. The van der Waals surface area contributed by atoms with Crippen molar-refractivity contribution in [2.45, 2.75) is 161 Å². The van der Waals surface area contributed by atoms with Crippen LogP contribution in [-0.4, -0.2) is 59.6 Å². The molecule has 1 aromatic rings. The maximum atomic E-state index is 12.6. The number of amides is 1. The molecule has 0 aromatic carbocycles. The molecule has 1 amide bonds. The molecule has 0 radical (unpaired) electrons. The van der Waals surface area contributed by atoms with E-state index in [9.17, 15) is 14.4 Å². The number of esters is 2. The molecular formula is C37H65N3O5S. The number of thioether (sulfide) groups is 1. The SMILES string of the molecule is CCCCCCCCCCCC(=O)OC[C@H](CSC[C@@H](N)C(=O)NCCc1ccccn1)OC(=O)CCCCCCCCCCC. The molecule has 2 atom stereocenters. The lowest BCUT2D eigenvalue weighted by Crippen LogP contribution is -2.43. The fourth-order valence-corrected chi connectivity index (χ4v) is 6.14. The van der Waals surface area contributed by atoms with Gasteiger partial charge in [-0.2, -0.15) is 11.8 Å². The average molecular weight is 664 g/mol. The quantitative estimate of drug-likeness (QED) is 0.0604. The molecule has 0 unspecified atom stereocenters. The van der Waals surface area contributed by atoms with E-state index >= 15 is 0 Å². The fourth-order valence-electron chi connectivity index (χ4n) is 5.17. The van der Waals surface area contributed by atoms with Crippen molar-refractivity contribution in [2.24, 2.45) is 5.73 Å². The van der Waals surface area contributed by atoms with Crippen LogP contribution in [0.2, 0.25) is 0 Å². The van der Waals surface area contributed by atoms with E-state index in [2.05, 4.69) is 24.1 Å². The fraction of sp³-hybridized carbons (Fsp3) is 0.784. The van der Waals surface area contributed by atoms with Crippen LogP contribution in [0.25, 0.3) is 0 Å². The smallest absolute Gasteiger partial charge is 0.306 e. The Bertz CT molecular complexity index is 889. The molecule has 0 bridgehead atoms. The highest BCUT2D eigenvalue weighted by atomic mass is 32.2. The van der Waals surface area contributed by atoms with Crippen molar-refractivity contribution in [3.63, 3.8) is 0 Å². The molecule has 0 aliphatic rings. The number of hydrogen-bond acceptors (Lipinski definition) is 8. The Morgan fingerprint density at radius 1 is 0.761 bits per heavy atom. The van der Waals surface area contributed by atoms with E-state index in [0.29, 0.717) is 37.3 Å². The van der Waals surface area contributed by atoms with Crippen molar-refractivity contribution in [1.82, 2.24) is 10.3 Å². The Labute approximate surface area is 284 Å². The Kier molecular flexibility index (Phi) is 27.5. The van der Waals surface area contributed by atoms with Crippen LogP contribution in [0.3, 0.4) is 0 Å². The molecule has 0 aliphatic heterocycles. The molecule has 0 aliphatic carbocycles. The van der Waals surface area contributed by atoms with Crippen LogP contribution in [0.1, 0.15) is 148 Å². The van der Waals surface area contributed by atoms with Crippen LogP contribution in [0.4, 0.5) is 0 Å². The molecule has 0 saturated heterocycles. The minimum absolute atomic E-state index is 0.0261. The van der Waals surface area contributed by atoms with Crippen molar-refractivity contribution >= 4 is 29.6 Å². The third-order valence-electron chi connectivity index (χ3n) is 8.04. The Morgan fingerprint density at radius 3 is 1.85 bits per heavy atom. The first-order valence-corrected chi connectivity index (χ1v) is 19.5. The summed E-state index contributed by atoms with van der Waals surface area (Å²) in [6.45, 7) is 4.94. The number of nitrogens with zero attached hydrogens (tertiary/aromatic N) is 1. The van der Waals surface area contributed by atoms with Gasteiger partial charge < -0.3 is 20.5 Å². The summed E-state index contributed by atoms with van der Waals surface area (Å²) in [6.07, 6.45) is 23.8. The monoisotopic (exact) mass is 663 g/mol. The lowest BCUT2D eigenvalue weighted by Gasteiger charge is -2.19. The summed E-state index contributed by atoms with van der Waals surface area (Å²) >= 11 is 1.43. The van der Waals surface area contributed by atoms with Crippen molar-refractivity contribution in [2.75, 3.05) is 24.7 Å². The molecule has 264 valence electrons. The summed E-state index contributed by atoms with van der Waals surface area (Å²) in [5, 5.41) is 2.86. The molecular weight excluding hydrogens is 598 g/mol. The third-order valence-corrected chi connectivity index (χ3v) is 9.24. The lowest BCUT2D eigenvalue weighted by atomic mass is 10.1. The largest absolute Gasteiger partial charge is 0.462 e. The molecule has 9 heteroatoms. The normalized spacial score (nSPS) is 12.4. The molecule has 46 heavy (non-hydrogen) atoms. The summed E-state index contributed by atoms with van der Waals surface area (Å²) in [5.41, 5.74) is 7.03. The van der Waals surface area contributed by atoms with Crippen LogP contribution < -0.4 is 11.1 Å². The zero-order valence-corrected chi connectivity index (χ0v) is 29.9. The molecule has 0 spiro atoms. The second-order valence-corrected chi connectivity index (χ2v) is 13.5. The molecule has 1 heterocycles. The van der Waals surface area contributed by atoms with E-state index in [-0.39, 0.29) is 24.5 Å². The van der Waals surface area contributed by atoms with E-state index in [4.69, 9.17) is 15.2 Å². The van der Waals surface area contributed by atoms with Crippen LogP contribution in [0.15, 0.2) is 24.4 Å². The van der Waals surface area contributed by atoms with Crippen LogP contribution in [-0.2, 0) is 30.3 Å². The van der Waals surface area contributed by atoms with Gasteiger partial charge in [-0.15, -0.1) is 0 Å². The first kappa shape index (κ1) is 41.9. The van der Waals surface area contributed by atoms with Gasteiger partial charge in [0, 0.05) is 49.2 Å². The highest BCUT2D eigenvalue weighted by molar-refractivity contribution is 7.99. The summed E-state index contributed by atoms with van der Waals surface area (Å²) in [5.74, 6) is 0.0319. The number of hydrogen-bond donors (Lipinski definition) is 2. The predicted molar refractivity (Wildman–Crippen MR) is 191 cm³/mol. The summed E-state index contributed by atoms with van der Waals surface area (Å²) < 4.78 is 11.3. The Balaban J connectivity index is 2.38. The predicted octanol–water partition coefficient (Wildman–Crippen LogP) is 8.10. The number of carbonyl (C=O) groups excluding carboxylic acids is 3. The van der Waals surface area contributed by atoms with Crippen molar-refractivity contribution in [1.29, 1.82) is 0 Å². The zero-order valence-electron chi connectivity index (χ0n) is 29.1. The van der Waals surface area contributed by atoms with Crippen molar-refractivity contribution < 1.29 is 23.9 Å². The minimum Gasteiger partial charge on any atom is -0.462 e. The van der Waals surface area contributed by atoms with E-state index < -0.39 is 12.1 Å². The van der Waals surface area contributed by atoms with Gasteiger partial charge in [-0.25, -0.2) is 0 Å². The number of carbonyl (C=O) groups is 3. The van der Waals surface area contributed by atoms with E-state index in [1.165, 1.54) is 88.8 Å². The van der Waals surface area contributed by atoms with Gasteiger partial charge >= 0.3 is 11.9 Å². The minimum atomic E-state index is -0.693. The number of aromatic nitrogens is 1. The Morgan fingerprint density at radius 2 is 1.30 bits per heavy atom. The van der Waals surface area contributed by atoms with Crippen LogP contribution in [0.5, 0.6) is 0 Å². The number of unbranched alkanes of at least 4 members (excludes halogenated alkanes) is 16. The maximum Gasteiger partial charge on any atom is 0.306 e. The number of nitrogens with one attached hydrogen (secondary N) is 1. The highest BCUT2D eigenvalue weighted by Gasteiger charge is 2.20. The summed E-state index contributed by atoms with van der Waals surface area (Å²) in [4.78, 5) is 41.8. The molecule has 0 fully saturated rings. The maximum absolute atomic E-state index is 12.6. The van der Waals surface area contributed by atoms with Gasteiger partial charge in [0.25, 0.3) is 0 Å². The first-order valence-electron chi connectivity index (χ1n) is 18.3. The van der Waals surface area contributed by atoms with Gasteiger partial charge in [-0.3, -0.25) is 19.4 Å². The van der Waals surface area contributed by atoms with Crippen LogP contribution >= 0.6 is 11.8 Å². The number of rotatable bonds is 31. The summed E-state index contributed by atoms with van der Waals surface area (Å²) in [6, 6.07) is 5.00. The third kappa shape index (κ3) is 25.0. The lowest BCUT2D eigenvalue weighted by molar-refractivity contribution is -0.157. The standard InChI is InChI=1S/C37H65N3O5S/c1-3-5-7-9-11-13-15-17-19-24-35(41)44-29-33(45-36(42)25-20-18-16-14-12-10-8-6-4-2)30-46-31-34(38)37(43)40-28-26-32-23-21-22-27-39-32/h21-23,27,33-34H,3-20,24-26,28-31,38H2,1-2H3,(H,40,43)/t33-,34-/m1/s1. The topological polar surface area (TPSA) is 121 Å². The molecule has 8 nitrogen and oxygen atoms in total. The van der Waals surface area contributed by atoms with Gasteiger partial charge in [0.2, 0.25) is 5.91 Å². The van der Waals surface area contributed by atoms with E-state index in [1.807, 2.05) is 18.2 Å². The average Bonchev–Trinajstić information content (AvgIpc) is 3.06. The van der Waals surface area contributed by atoms with Gasteiger partial charge in [-0.1, -0.05) is 123 Å². The number of ether oxygens (including phenoxy) is 2. The molecule has 0 saturated carbocycles. The second-order valence-electron chi connectivity index (χ2n) is 12.5. The van der Waals surface area contributed by atoms with E-state index in [0.717, 1.165) is 44.2 Å². The number of nitrogens with two attached hydrogens (primary N) is 1. The van der Waals surface area contributed by atoms with Crippen LogP contribution in [0, 0.1) is 0 Å². The van der Waals surface area contributed by atoms with Gasteiger partial charge in [0.1, 0.15) is 12.7 Å². The van der Waals surface area contributed by atoms with Gasteiger partial charge in [0.05, 0.1) is 6.04 Å². The number of pyridine rings is 1. The summed E-state index contributed by atoms with van der Waals surface area (Å²) in [7, 11) is 0. The first-order chi connectivity index (χ1) is 22.5. The van der Waals surface area contributed by atoms with Crippen molar-refractivity contribution in [3.05, 3.63) is 30.1 Å². The van der Waals surface area contributed by atoms with Crippen molar-refractivity contribution in [3.8, 4) is 0 Å². The molecule has 1 rings (SSSR count). The van der Waals surface area contributed by atoms with E-state index in [1.54, 1.807) is 6.20 Å².